The second-order valence-electron chi connectivity index (χ2n) is 5.63. The molecule has 1 aromatic rings. The lowest BCUT2D eigenvalue weighted by Gasteiger charge is -2.23. The Balaban J connectivity index is 2.50. The number of carbonyl (C=O) groups is 1. The molecular weight excluding hydrogens is 248 g/mol. The van der Waals surface area contributed by atoms with Crippen LogP contribution in [-0.2, 0) is 0 Å². The molecule has 1 aromatic carbocycles. The lowest BCUT2D eigenvalue weighted by Crippen LogP contribution is -2.34. The van der Waals surface area contributed by atoms with Crippen LogP contribution in [0, 0.1) is 6.92 Å². The van der Waals surface area contributed by atoms with Crippen molar-refractivity contribution in [2.75, 3.05) is 40.3 Å². The Bertz CT molecular complexity index is 415. The molecule has 0 heterocycles. The van der Waals surface area contributed by atoms with E-state index in [1.165, 1.54) is 0 Å². The lowest BCUT2D eigenvalue weighted by atomic mass is 10.0. The van der Waals surface area contributed by atoms with Crippen LogP contribution in [0.2, 0.25) is 0 Å². The first-order valence-electron chi connectivity index (χ1n) is 7.50. The highest BCUT2D eigenvalue weighted by Crippen LogP contribution is 2.10. The summed E-state index contributed by atoms with van der Waals surface area (Å²) >= 11 is 0. The fourth-order valence-corrected chi connectivity index (χ4v) is 2.27. The van der Waals surface area contributed by atoms with Gasteiger partial charge < -0.3 is 9.80 Å². The van der Waals surface area contributed by atoms with E-state index in [4.69, 9.17) is 0 Å². The van der Waals surface area contributed by atoms with E-state index in [2.05, 4.69) is 30.8 Å². The standard InChI is InChI=1S/C17H28N2O/c1-5-11-19(14-13-18(3)4)12-10-17(20)16-9-7-6-8-15(16)2/h6-9H,5,10-14H2,1-4H3. The van der Waals surface area contributed by atoms with Crippen molar-refractivity contribution in [1.29, 1.82) is 0 Å². The average molecular weight is 276 g/mol. The number of carbonyl (C=O) groups excluding carboxylic acids is 1. The Morgan fingerprint density at radius 1 is 1.05 bits per heavy atom. The number of nitrogens with zero attached hydrogens (tertiary/aromatic N) is 2. The van der Waals surface area contributed by atoms with E-state index in [1.54, 1.807) is 0 Å². The molecule has 112 valence electrons. The minimum Gasteiger partial charge on any atom is -0.308 e. The molecule has 20 heavy (non-hydrogen) atoms. The third-order valence-electron chi connectivity index (χ3n) is 3.50. The quantitative estimate of drug-likeness (QED) is 0.648. The van der Waals surface area contributed by atoms with E-state index >= 15 is 0 Å². The summed E-state index contributed by atoms with van der Waals surface area (Å²) in [6.45, 7) is 8.18. The molecule has 0 spiro atoms. The highest BCUT2D eigenvalue weighted by atomic mass is 16.1. The number of benzene rings is 1. The molecule has 3 heteroatoms. The second kappa shape index (κ2) is 8.88. The van der Waals surface area contributed by atoms with Crippen molar-refractivity contribution in [2.24, 2.45) is 0 Å². The summed E-state index contributed by atoms with van der Waals surface area (Å²) in [6.07, 6.45) is 1.74. The van der Waals surface area contributed by atoms with Crippen LogP contribution < -0.4 is 0 Å². The van der Waals surface area contributed by atoms with Crippen molar-refractivity contribution in [3.05, 3.63) is 35.4 Å². The fraction of sp³-hybridized carbons (Fsp3) is 0.588. The number of hydrogen-bond donors (Lipinski definition) is 0. The Morgan fingerprint density at radius 3 is 2.35 bits per heavy atom. The Labute approximate surface area is 123 Å². The number of hydrogen-bond acceptors (Lipinski definition) is 3. The first-order chi connectivity index (χ1) is 9.54. The normalized spacial score (nSPS) is 11.3. The molecule has 0 aliphatic heterocycles. The molecule has 0 aromatic heterocycles. The summed E-state index contributed by atoms with van der Waals surface area (Å²) in [4.78, 5) is 16.8. The SMILES string of the molecule is CCCN(CCC(=O)c1ccccc1C)CCN(C)C. The van der Waals surface area contributed by atoms with Crippen molar-refractivity contribution >= 4 is 5.78 Å². The zero-order valence-corrected chi connectivity index (χ0v) is 13.4. The number of rotatable bonds is 9. The summed E-state index contributed by atoms with van der Waals surface area (Å²) in [5.74, 6) is 0.258. The summed E-state index contributed by atoms with van der Waals surface area (Å²) in [5.41, 5.74) is 1.95. The van der Waals surface area contributed by atoms with Gasteiger partial charge in [0.1, 0.15) is 0 Å². The van der Waals surface area contributed by atoms with E-state index in [0.29, 0.717) is 6.42 Å². The number of Topliss-reactive ketones (excluding diaryl/α,β-unsaturated/α-hetero) is 1. The molecule has 0 radical (unpaired) electrons. The Morgan fingerprint density at radius 2 is 1.75 bits per heavy atom. The minimum atomic E-state index is 0.258. The van der Waals surface area contributed by atoms with Crippen molar-refractivity contribution in [2.45, 2.75) is 26.7 Å². The smallest absolute Gasteiger partial charge is 0.164 e. The van der Waals surface area contributed by atoms with Gasteiger partial charge in [-0.1, -0.05) is 31.2 Å². The van der Waals surface area contributed by atoms with Gasteiger partial charge in [-0.3, -0.25) is 4.79 Å². The van der Waals surface area contributed by atoms with Crippen LogP contribution in [0.1, 0.15) is 35.7 Å². The third-order valence-corrected chi connectivity index (χ3v) is 3.50. The molecule has 0 aliphatic rings. The maximum Gasteiger partial charge on any atom is 0.164 e. The van der Waals surface area contributed by atoms with Gasteiger partial charge in [-0.2, -0.15) is 0 Å². The van der Waals surface area contributed by atoms with E-state index in [0.717, 1.165) is 43.7 Å². The third kappa shape index (κ3) is 5.85. The molecule has 3 nitrogen and oxygen atoms in total. The first-order valence-corrected chi connectivity index (χ1v) is 7.50. The molecule has 0 saturated carbocycles. The number of aryl methyl sites for hydroxylation is 1. The van der Waals surface area contributed by atoms with Crippen LogP contribution in [0.25, 0.3) is 0 Å². The maximum absolute atomic E-state index is 12.3. The van der Waals surface area contributed by atoms with Gasteiger partial charge in [0, 0.05) is 31.6 Å². The zero-order valence-electron chi connectivity index (χ0n) is 13.4. The van der Waals surface area contributed by atoms with Gasteiger partial charge in [0.05, 0.1) is 0 Å². The van der Waals surface area contributed by atoms with Gasteiger partial charge >= 0.3 is 0 Å². The van der Waals surface area contributed by atoms with Crippen LogP contribution in [0.4, 0.5) is 0 Å². The van der Waals surface area contributed by atoms with Gasteiger partial charge in [-0.25, -0.2) is 0 Å². The summed E-state index contributed by atoms with van der Waals surface area (Å²) in [6, 6.07) is 7.85. The number of ketones is 1. The number of likely N-dealkylation sites (N-methyl/N-ethyl adjacent to an activating group) is 1. The molecule has 0 N–H and O–H groups in total. The van der Waals surface area contributed by atoms with Crippen LogP contribution in [-0.4, -0.2) is 55.9 Å². The molecule has 1 rings (SSSR count). The van der Waals surface area contributed by atoms with Crippen LogP contribution in [0.3, 0.4) is 0 Å². The van der Waals surface area contributed by atoms with Gasteiger partial charge in [0.25, 0.3) is 0 Å². The van der Waals surface area contributed by atoms with Gasteiger partial charge in [0.15, 0.2) is 5.78 Å². The minimum absolute atomic E-state index is 0.258. The topological polar surface area (TPSA) is 23.6 Å². The highest BCUT2D eigenvalue weighted by molar-refractivity contribution is 5.97. The van der Waals surface area contributed by atoms with Crippen molar-refractivity contribution in [3.8, 4) is 0 Å². The summed E-state index contributed by atoms with van der Waals surface area (Å²) in [7, 11) is 4.17. The van der Waals surface area contributed by atoms with Gasteiger partial charge in [-0.15, -0.1) is 0 Å². The van der Waals surface area contributed by atoms with Crippen LogP contribution >= 0.6 is 0 Å². The predicted molar refractivity (Wildman–Crippen MR) is 85.4 cm³/mol. The van der Waals surface area contributed by atoms with E-state index in [9.17, 15) is 4.79 Å². The molecule has 0 aliphatic carbocycles. The van der Waals surface area contributed by atoms with Gasteiger partial charge in [-0.05, 0) is 39.5 Å². The molecule has 0 saturated heterocycles. The first kappa shape index (κ1) is 16.9. The van der Waals surface area contributed by atoms with Crippen LogP contribution in [0.15, 0.2) is 24.3 Å². The molecule has 0 atom stereocenters. The van der Waals surface area contributed by atoms with E-state index in [1.807, 2.05) is 31.2 Å². The maximum atomic E-state index is 12.3. The van der Waals surface area contributed by atoms with Gasteiger partial charge in [0.2, 0.25) is 0 Å². The molecular formula is C17H28N2O. The summed E-state index contributed by atoms with van der Waals surface area (Å²) < 4.78 is 0. The largest absolute Gasteiger partial charge is 0.308 e. The fourth-order valence-electron chi connectivity index (χ4n) is 2.27. The predicted octanol–water partition coefficient (Wildman–Crippen LogP) is 2.84. The molecule has 0 bridgehead atoms. The highest BCUT2D eigenvalue weighted by Gasteiger charge is 2.11. The average Bonchev–Trinajstić information content (AvgIpc) is 2.42. The monoisotopic (exact) mass is 276 g/mol. The zero-order chi connectivity index (χ0) is 15.0. The van der Waals surface area contributed by atoms with Crippen molar-refractivity contribution in [1.82, 2.24) is 9.80 Å². The molecule has 0 fully saturated rings. The van der Waals surface area contributed by atoms with E-state index in [-0.39, 0.29) is 5.78 Å². The Kier molecular flexibility index (Phi) is 7.48. The van der Waals surface area contributed by atoms with E-state index < -0.39 is 0 Å². The molecule has 0 unspecified atom stereocenters. The second-order valence-corrected chi connectivity index (χ2v) is 5.63. The lowest BCUT2D eigenvalue weighted by molar-refractivity contribution is 0.0961. The summed E-state index contributed by atoms with van der Waals surface area (Å²) in [5, 5.41) is 0. The van der Waals surface area contributed by atoms with Crippen molar-refractivity contribution < 1.29 is 4.79 Å². The van der Waals surface area contributed by atoms with Crippen LogP contribution in [0.5, 0.6) is 0 Å². The van der Waals surface area contributed by atoms with Crippen molar-refractivity contribution in [3.63, 3.8) is 0 Å². The molecule has 0 amide bonds. The Hall–Kier alpha value is -1.19.